The van der Waals surface area contributed by atoms with Crippen LogP contribution in [0.2, 0.25) is 0 Å². The van der Waals surface area contributed by atoms with E-state index in [1.807, 2.05) is 6.92 Å². The molecule has 2 aromatic carbocycles. The Morgan fingerprint density at radius 3 is 1.84 bits per heavy atom. The highest BCUT2D eigenvalue weighted by Crippen LogP contribution is 2.19. The van der Waals surface area contributed by atoms with E-state index < -0.39 is 11.4 Å². The van der Waals surface area contributed by atoms with Gasteiger partial charge in [-0.25, -0.2) is 4.79 Å². The molecule has 200 valence electrons. The molecule has 37 heavy (non-hydrogen) atoms. The van der Waals surface area contributed by atoms with Crippen LogP contribution in [0.4, 0.5) is 11.4 Å². The highest BCUT2D eigenvalue weighted by atomic mass is 16.5. The summed E-state index contributed by atoms with van der Waals surface area (Å²) >= 11 is 0. The lowest BCUT2D eigenvalue weighted by atomic mass is 10.1. The Bertz CT molecular complexity index is 1050. The van der Waals surface area contributed by atoms with Crippen LogP contribution in [0, 0.1) is 0 Å². The number of hydrogen-bond donors (Lipinski definition) is 0. The molecule has 0 heterocycles. The van der Waals surface area contributed by atoms with E-state index in [1.54, 1.807) is 30.3 Å². The van der Waals surface area contributed by atoms with Crippen LogP contribution in [0.1, 0.15) is 101 Å². The zero-order chi connectivity index (χ0) is 26.7. The van der Waals surface area contributed by atoms with Crippen molar-refractivity contribution < 1.29 is 19.1 Å². The Morgan fingerprint density at radius 2 is 1.22 bits per heavy atom. The standard InChI is InChI=1S/C30H40N2O5/c1-3-5-7-8-9-10-11-12-13-14-29(34)37-28-22-20-26(19-21-27(28)33)32-31-25-17-15-24(16-18-25)30(35)36-23-6-4-2/h15-22H,3-14,23H2,1-2H3. The average Bonchev–Trinajstić information content (AvgIpc) is 3.08. The number of nitrogens with zero attached hydrogens (tertiary/aromatic N) is 2. The molecule has 0 atom stereocenters. The first kappa shape index (κ1) is 29.9. The van der Waals surface area contributed by atoms with Crippen LogP contribution in [0.25, 0.3) is 0 Å². The molecule has 0 fully saturated rings. The lowest BCUT2D eigenvalue weighted by molar-refractivity contribution is -0.134. The summed E-state index contributed by atoms with van der Waals surface area (Å²) in [6.07, 6.45) is 12.6. The van der Waals surface area contributed by atoms with Crippen molar-refractivity contribution in [3.8, 4) is 5.75 Å². The molecule has 7 heteroatoms. The van der Waals surface area contributed by atoms with Gasteiger partial charge in [0, 0.05) is 6.42 Å². The Hall–Kier alpha value is -3.35. The molecular formula is C30H40N2O5. The predicted molar refractivity (Wildman–Crippen MR) is 146 cm³/mol. The molecule has 0 aliphatic heterocycles. The molecule has 2 rings (SSSR count). The number of hydrogen-bond acceptors (Lipinski definition) is 7. The number of ether oxygens (including phenoxy) is 2. The summed E-state index contributed by atoms with van der Waals surface area (Å²) in [5, 5.41) is 8.29. The minimum atomic E-state index is -0.400. The van der Waals surface area contributed by atoms with E-state index in [2.05, 4.69) is 17.2 Å². The van der Waals surface area contributed by atoms with E-state index in [1.165, 1.54) is 56.7 Å². The summed E-state index contributed by atoms with van der Waals surface area (Å²) in [6, 6.07) is 12.5. The second kappa shape index (κ2) is 18.0. The maximum absolute atomic E-state index is 12.3. The van der Waals surface area contributed by atoms with Gasteiger partial charge in [-0.2, -0.15) is 10.2 Å². The molecule has 0 bridgehead atoms. The SMILES string of the molecule is CCCCCCCCCCCC(=O)Oc1ccc(N=Nc2ccc(C(=O)OCCCC)cc2)ccc1=O. The molecule has 0 amide bonds. The number of azo groups is 1. The third-order valence-electron chi connectivity index (χ3n) is 5.88. The normalized spacial score (nSPS) is 11.0. The van der Waals surface area contributed by atoms with Crippen molar-refractivity contribution >= 4 is 23.3 Å². The largest absolute Gasteiger partial charge is 0.462 e. The van der Waals surface area contributed by atoms with Crippen molar-refractivity contribution in [2.24, 2.45) is 10.2 Å². The van der Waals surface area contributed by atoms with Crippen molar-refractivity contribution in [2.45, 2.75) is 90.9 Å². The molecule has 7 nitrogen and oxygen atoms in total. The maximum atomic E-state index is 12.3. The van der Waals surface area contributed by atoms with E-state index in [9.17, 15) is 14.4 Å². The molecule has 0 saturated heterocycles. The van der Waals surface area contributed by atoms with Gasteiger partial charge in [-0.1, -0.05) is 71.6 Å². The summed E-state index contributed by atoms with van der Waals surface area (Å²) in [7, 11) is 0. The first-order valence-electron chi connectivity index (χ1n) is 13.6. The van der Waals surface area contributed by atoms with E-state index in [-0.39, 0.29) is 11.7 Å². The molecule has 0 radical (unpaired) electrons. The number of rotatable bonds is 17. The summed E-state index contributed by atoms with van der Waals surface area (Å²) in [5.74, 6) is -0.786. The van der Waals surface area contributed by atoms with Crippen LogP contribution < -0.4 is 10.2 Å². The number of benzene rings is 1. The Morgan fingerprint density at radius 1 is 0.676 bits per heavy atom. The number of esters is 2. The molecule has 2 aromatic rings. The molecular weight excluding hydrogens is 468 g/mol. The molecule has 0 unspecified atom stereocenters. The van der Waals surface area contributed by atoms with Crippen molar-refractivity contribution in [3.63, 3.8) is 0 Å². The Kier molecular flexibility index (Phi) is 14.5. The van der Waals surface area contributed by atoms with Gasteiger partial charge < -0.3 is 9.47 Å². The van der Waals surface area contributed by atoms with E-state index in [0.29, 0.717) is 30.0 Å². The third-order valence-corrected chi connectivity index (χ3v) is 5.88. The number of carbonyl (C=O) groups excluding carboxylic acids is 2. The minimum Gasteiger partial charge on any atom is -0.462 e. The summed E-state index contributed by atoms with van der Waals surface area (Å²) in [4.78, 5) is 36.5. The average molecular weight is 509 g/mol. The predicted octanol–water partition coefficient (Wildman–Crippen LogP) is 8.25. The third kappa shape index (κ3) is 12.4. The van der Waals surface area contributed by atoms with E-state index >= 15 is 0 Å². The molecule has 0 aliphatic carbocycles. The van der Waals surface area contributed by atoms with E-state index in [4.69, 9.17) is 9.47 Å². The van der Waals surface area contributed by atoms with Crippen LogP contribution >= 0.6 is 0 Å². The van der Waals surface area contributed by atoms with Crippen LogP contribution in [-0.2, 0) is 9.53 Å². The second-order valence-corrected chi connectivity index (χ2v) is 9.11. The molecule has 0 N–H and O–H groups in total. The van der Waals surface area contributed by atoms with Gasteiger partial charge in [-0.15, -0.1) is 0 Å². The second-order valence-electron chi connectivity index (χ2n) is 9.11. The van der Waals surface area contributed by atoms with Gasteiger partial charge in [0.25, 0.3) is 0 Å². The maximum Gasteiger partial charge on any atom is 0.338 e. The first-order chi connectivity index (χ1) is 18.0. The van der Waals surface area contributed by atoms with Crippen molar-refractivity contribution in [1.82, 2.24) is 0 Å². The van der Waals surface area contributed by atoms with Crippen LogP contribution in [0.5, 0.6) is 5.75 Å². The number of carbonyl (C=O) groups is 2. The van der Waals surface area contributed by atoms with Crippen molar-refractivity contribution in [3.05, 3.63) is 64.3 Å². The summed E-state index contributed by atoms with van der Waals surface area (Å²) in [5.41, 5.74) is 1.03. The van der Waals surface area contributed by atoms with Crippen LogP contribution in [0.3, 0.4) is 0 Å². The lowest BCUT2D eigenvalue weighted by Gasteiger charge is -2.03. The van der Waals surface area contributed by atoms with Gasteiger partial charge in [0.05, 0.1) is 23.5 Å². The summed E-state index contributed by atoms with van der Waals surface area (Å²) < 4.78 is 10.5. The topological polar surface area (TPSA) is 94.4 Å². The quantitative estimate of drug-likeness (QED) is 0.122. The fraction of sp³-hybridized carbons (Fsp3) is 0.500. The monoisotopic (exact) mass is 508 g/mol. The van der Waals surface area contributed by atoms with Gasteiger partial charge in [-0.05, 0) is 61.4 Å². The van der Waals surface area contributed by atoms with Gasteiger partial charge in [0.2, 0.25) is 5.43 Å². The smallest absolute Gasteiger partial charge is 0.338 e. The summed E-state index contributed by atoms with van der Waals surface area (Å²) in [6.45, 7) is 4.65. The van der Waals surface area contributed by atoms with Crippen LogP contribution in [-0.4, -0.2) is 18.5 Å². The van der Waals surface area contributed by atoms with Gasteiger partial charge >= 0.3 is 11.9 Å². The van der Waals surface area contributed by atoms with Crippen molar-refractivity contribution in [1.29, 1.82) is 0 Å². The minimum absolute atomic E-state index is 0.0201. The van der Waals surface area contributed by atoms with E-state index in [0.717, 1.165) is 32.1 Å². The zero-order valence-corrected chi connectivity index (χ0v) is 22.2. The van der Waals surface area contributed by atoms with Crippen LogP contribution in [0.15, 0.2) is 63.6 Å². The molecule has 0 aromatic heterocycles. The van der Waals surface area contributed by atoms with Crippen molar-refractivity contribution in [2.75, 3.05) is 6.61 Å². The molecule has 0 aliphatic rings. The first-order valence-corrected chi connectivity index (χ1v) is 13.6. The Labute approximate surface area is 220 Å². The zero-order valence-electron chi connectivity index (χ0n) is 22.2. The fourth-order valence-electron chi connectivity index (χ4n) is 3.62. The Balaban J connectivity index is 1.81. The molecule has 0 saturated carbocycles. The number of unbranched alkanes of at least 4 members (excludes halogenated alkanes) is 9. The van der Waals surface area contributed by atoms with Gasteiger partial charge in [-0.3, -0.25) is 9.59 Å². The molecule has 0 spiro atoms. The highest BCUT2D eigenvalue weighted by Gasteiger charge is 2.08. The fourth-order valence-corrected chi connectivity index (χ4v) is 3.62. The van der Waals surface area contributed by atoms with Gasteiger partial charge in [0.1, 0.15) is 0 Å². The highest BCUT2D eigenvalue weighted by molar-refractivity contribution is 5.89. The van der Waals surface area contributed by atoms with Gasteiger partial charge in [0.15, 0.2) is 5.75 Å². The lowest BCUT2D eigenvalue weighted by Crippen LogP contribution is -2.12.